The van der Waals surface area contributed by atoms with Crippen LogP contribution < -0.4 is 11.5 Å². The van der Waals surface area contributed by atoms with Gasteiger partial charge in [-0.3, -0.25) is 14.4 Å². The summed E-state index contributed by atoms with van der Waals surface area (Å²) in [6, 6.07) is -1.12. The van der Waals surface area contributed by atoms with Crippen LogP contribution in [-0.2, 0) is 19.1 Å². The normalized spacial score (nSPS) is 11.9. The second-order valence-corrected chi connectivity index (χ2v) is 3.22. The number of carbonyl (C=O) groups excluding carboxylic acids is 2. The van der Waals surface area contributed by atoms with Gasteiger partial charge >= 0.3 is 17.9 Å². The van der Waals surface area contributed by atoms with E-state index in [0.29, 0.717) is 13.0 Å². The van der Waals surface area contributed by atoms with Crippen LogP contribution in [0.2, 0.25) is 0 Å². The molecule has 0 heterocycles. The first-order valence-electron chi connectivity index (χ1n) is 4.89. The van der Waals surface area contributed by atoms with Crippen molar-refractivity contribution >= 4 is 17.9 Å². The first-order chi connectivity index (χ1) is 7.47. The number of ether oxygens (including phenoxy) is 1. The number of aliphatic carboxylic acids is 1. The Balaban J connectivity index is 3.74. The number of esters is 2. The van der Waals surface area contributed by atoms with Crippen molar-refractivity contribution in [3.63, 3.8) is 0 Å². The summed E-state index contributed by atoms with van der Waals surface area (Å²) in [5.41, 5.74) is 10.3. The van der Waals surface area contributed by atoms with Crippen LogP contribution in [0.4, 0.5) is 0 Å². The van der Waals surface area contributed by atoms with Crippen molar-refractivity contribution in [2.75, 3.05) is 6.54 Å². The summed E-state index contributed by atoms with van der Waals surface area (Å²) in [5.74, 6) is -2.61. The molecule has 0 aliphatic carbocycles. The smallest absolute Gasteiger partial charge is 0.320 e. The Morgan fingerprint density at radius 1 is 1.19 bits per heavy atom. The van der Waals surface area contributed by atoms with E-state index in [1.54, 1.807) is 0 Å². The summed E-state index contributed by atoms with van der Waals surface area (Å²) in [5, 5.41) is 8.43. The average molecular weight is 232 g/mol. The molecular formula is C9H16N2O5. The van der Waals surface area contributed by atoms with Crippen molar-refractivity contribution in [1.29, 1.82) is 0 Å². The minimum atomic E-state index is -1.19. The molecule has 0 saturated heterocycles. The molecule has 0 amide bonds. The van der Waals surface area contributed by atoms with E-state index in [2.05, 4.69) is 4.74 Å². The molecule has 5 N–H and O–H groups in total. The summed E-state index contributed by atoms with van der Waals surface area (Å²) in [4.78, 5) is 32.3. The molecular weight excluding hydrogens is 216 g/mol. The van der Waals surface area contributed by atoms with Crippen LogP contribution in [0, 0.1) is 0 Å². The number of carboxylic acid groups (broad SMARTS) is 1. The predicted molar refractivity (Wildman–Crippen MR) is 54.2 cm³/mol. The SMILES string of the molecule is NCCCC(=O)OC(=O)CC[C@H](N)C(=O)O. The Kier molecular flexibility index (Phi) is 7.06. The zero-order valence-corrected chi connectivity index (χ0v) is 8.85. The summed E-state index contributed by atoms with van der Waals surface area (Å²) >= 11 is 0. The monoisotopic (exact) mass is 232 g/mol. The fourth-order valence-corrected chi connectivity index (χ4v) is 0.872. The lowest BCUT2D eigenvalue weighted by Crippen LogP contribution is -2.31. The number of hydrogen-bond acceptors (Lipinski definition) is 6. The molecule has 0 spiro atoms. The minimum absolute atomic E-state index is 0.0572. The molecule has 0 rings (SSSR count). The van der Waals surface area contributed by atoms with Gasteiger partial charge in [-0.1, -0.05) is 0 Å². The molecule has 0 aliphatic rings. The molecule has 0 bridgehead atoms. The summed E-state index contributed by atoms with van der Waals surface area (Å²) < 4.78 is 4.40. The topological polar surface area (TPSA) is 133 Å². The van der Waals surface area contributed by atoms with E-state index in [1.165, 1.54) is 0 Å². The fourth-order valence-electron chi connectivity index (χ4n) is 0.872. The Morgan fingerprint density at radius 3 is 2.25 bits per heavy atom. The van der Waals surface area contributed by atoms with E-state index in [0.717, 1.165) is 0 Å². The molecule has 7 nitrogen and oxygen atoms in total. The van der Waals surface area contributed by atoms with Crippen LogP contribution in [0.3, 0.4) is 0 Å². The van der Waals surface area contributed by atoms with E-state index in [-0.39, 0.29) is 19.3 Å². The van der Waals surface area contributed by atoms with Crippen molar-refractivity contribution in [1.82, 2.24) is 0 Å². The standard InChI is InChI=1S/C9H16N2O5/c10-5-1-2-7(12)16-8(13)4-3-6(11)9(14)15/h6H,1-5,10-11H2,(H,14,15)/t6-/m0/s1. The number of hydrogen-bond donors (Lipinski definition) is 3. The number of rotatable bonds is 7. The summed E-state index contributed by atoms with van der Waals surface area (Å²) in [6.45, 7) is 0.340. The molecule has 0 aromatic carbocycles. The van der Waals surface area contributed by atoms with Gasteiger partial charge < -0.3 is 21.3 Å². The molecule has 0 aromatic rings. The molecule has 0 aliphatic heterocycles. The van der Waals surface area contributed by atoms with E-state index in [4.69, 9.17) is 16.6 Å². The van der Waals surface area contributed by atoms with Gasteiger partial charge in [0.15, 0.2) is 0 Å². The average Bonchev–Trinajstić information content (AvgIpc) is 2.22. The maximum Gasteiger partial charge on any atom is 0.320 e. The van der Waals surface area contributed by atoms with Gasteiger partial charge in [0.2, 0.25) is 0 Å². The Bertz CT molecular complexity index is 267. The first kappa shape index (κ1) is 14.5. The second-order valence-electron chi connectivity index (χ2n) is 3.22. The molecule has 0 saturated carbocycles. The summed E-state index contributed by atoms with van der Waals surface area (Å²) in [7, 11) is 0. The molecule has 92 valence electrons. The predicted octanol–water partition coefficient (Wildman–Crippen LogP) is -1.01. The molecule has 0 fully saturated rings. The molecule has 0 radical (unpaired) electrons. The van der Waals surface area contributed by atoms with Crippen LogP contribution in [0.25, 0.3) is 0 Å². The Morgan fingerprint density at radius 2 is 1.75 bits per heavy atom. The molecule has 7 heteroatoms. The van der Waals surface area contributed by atoms with Crippen molar-refractivity contribution in [2.45, 2.75) is 31.7 Å². The van der Waals surface area contributed by atoms with Gasteiger partial charge in [0.05, 0.1) is 0 Å². The Labute approximate surface area is 92.7 Å². The van der Waals surface area contributed by atoms with Gasteiger partial charge in [-0.25, -0.2) is 0 Å². The quantitative estimate of drug-likeness (QED) is 0.378. The lowest BCUT2D eigenvalue weighted by molar-refractivity contribution is -0.159. The van der Waals surface area contributed by atoms with Gasteiger partial charge in [0, 0.05) is 12.8 Å². The van der Waals surface area contributed by atoms with Gasteiger partial charge in [-0.2, -0.15) is 0 Å². The van der Waals surface area contributed by atoms with Gasteiger partial charge in [-0.15, -0.1) is 0 Å². The van der Waals surface area contributed by atoms with E-state index >= 15 is 0 Å². The van der Waals surface area contributed by atoms with E-state index in [1.807, 2.05) is 0 Å². The van der Waals surface area contributed by atoms with Crippen LogP contribution in [-0.4, -0.2) is 35.6 Å². The van der Waals surface area contributed by atoms with Crippen LogP contribution >= 0.6 is 0 Å². The van der Waals surface area contributed by atoms with Crippen molar-refractivity contribution in [3.05, 3.63) is 0 Å². The van der Waals surface area contributed by atoms with Crippen LogP contribution in [0.5, 0.6) is 0 Å². The van der Waals surface area contributed by atoms with Crippen LogP contribution in [0.1, 0.15) is 25.7 Å². The zero-order valence-electron chi connectivity index (χ0n) is 8.85. The minimum Gasteiger partial charge on any atom is -0.480 e. The molecule has 16 heavy (non-hydrogen) atoms. The highest BCUT2D eigenvalue weighted by Crippen LogP contribution is 1.99. The molecule has 0 aromatic heterocycles. The van der Waals surface area contributed by atoms with Gasteiger partial charge in [-0.05, 0) is 19.4 Å². The van der Waals surface area contributed by atoms with Crippen molar-refractivity contribution < 1.29 is 24.2 Å². The number of carboxylic acids is 1. The zero-order chi connectivity index (χ0) is 12.6. The fraction of sp³-hybridized carbons (Fsp3) is 0.667. The third-order valence-electron chi connectivity index (χ3n) is 1.79. The third-order valence-corrected chi connectivity index (χ3v) is 1.79. The van der Waals surface area contributed by atoms with E-state index < -0.39 is 23.9 Å². The van der Waals surface area contributed by atoms with Crippen molar-refractivity contribution in [2.24, 2.45) is 11.5 Å². The summed E-state index contributed by atoms with van der Waals surface area (Å²) in [6.07, 6.45) is 0.272. The maximum atomic E-state index is 11.0. The molecule has 1 atom stereocenters. The van der Waals surface area contributed by atoms with E-state index in [9.17, 15) is 14.4 Å². The highest BCUT2D eigenvalue weighted by molar-refractivity contribution is 5.85. The highest BCUT2D eigenvalue weighted by atomic mass is 16.6. The van der Waals surface area contributed by atoms with Crippen molar-refractivity contribution in [3.8, 4) is 0 Å². The lowest BCUT2D eigenvalue weighted by atomic mass is 10.2. The third kappa shape index (κ3) is 6.91. The lowest BCUT2D eigenvalue weighted by Gasteiger charge is -2.05. The Hall–Kier alpha value is -1.47. The first-order valence-corrected chi connectivity index (χ1v) is 4.89. The van der Waals surface area contributed by atoms with Crippen LogP contribution in [0.15, 0.2) is 0 Å². The molecule has 0 unspecified atom stereocenters. The van der Waals surface area contributed by atoms with Gasteiger partial charge in [0.1, 0.15) is 6.04 Å². The second kappa shape index (κ2) is 7.77. The largest absolute Gasteiger partial charge is 0.480 e. The maximum absolute atomic E-state index is 11.0. The number of nitrogens with two attached hydrogens (primary N) is 2. The number of carbonyl (C=O) groups is 3. The highest BCUT2D eigenvalue weighted by Gasteiger charge is 2.15. The van der Waals surface area contributed by atoms with Gasteiger partial charge in [0.25, 0.3) is 0 Å².